The minimum atomic E-state index is -1.98. The zero-order valence-corrected chi connectivity index (χ0v) is 30.2. The van der Waals surface area contributed by atoms with Gasteiger partial charge in [0.1, 0.15) is 8.07 Å². The Balaban J connectivity index is 1.15. The maximum atomic E-state index is 7.66. The number of aromatic nitrogens is 2. The van der Waals surface area contributed by atoms with Crippen molar-refractivity contribution in [3.05, 3.63) is 156 Å². The van der Waals surface area contributed by atoms with Crippen LogP contribution < -0.4 is 10.4 Å². The second-order valence-electron chi connectivity index (χ2n) is 14.4. The van der Waals surface area contributed by atoms with Crippen LogP contribution in [0.5, 0.6) is 0 Å². The van der Waals surface area contributed by atoms with E-state index in [-0.39, 0.29) is 0 Å². The van der Waals surface area contributed by atoms with Crippen molar-refractivity contribution >= 4 is 105 Å². The Kier molecular flexibility index (Phi) is 5.81. The first kappa shape index (κ1) is 29.3. The number of fused-ring (bicyclic) bond motifs is 12. The van der Waals surface area contributed by atoms with E-state index in [0.717, 1.165) is 27.5 Å². The molecule has 52 heavy (non-hydrogen) atoms. The Morgan fingerprint density at radius 3 is 1.63 bits per heavy atom. The van der Waals surface area contributed by atoms with E-state index < -0.39 is 8.07 Å². The maximum absolute atomic E-state index is 7.66. The Labute approximate surface area is 304 Å². The predicted molar refractivity (Wildman–Crippen MR) is 223 cm³/mol. The fourth-order valence-electron chi connectivity index (χ4n) is 8.91. The molecule has 6 heteroatoms. The lowest BCUT2D eigenvalue weighted by Gasteiger charge is -2.19. The van der Waals surface area contributed by atoms with Crippen LogP contribution in [0.3, 0.4) is 0 Å². The van der Waals surface area contributed by atoms with Crippen molar-refractivity contribution < 1.29 is 0 Å². The Morgan fingerprint density at radius 1 is 0.462 bits per heavy atom. The fraction of sp³-hybridized carbons (Fsp3) is 0.0435. The first-order valence-corrected chi connectivity index (χ1v) is 21.2. The standard InChI is InChI=1S/C46H28N4SSi/c1-47-27-13-17-40-33(21-27)34-22-28(48-2)14-18-41(34)49(40)29-15-19-45-37(23-29)38-24-30(16-20-46(38)52(45,3)4)50-39-11-7-5-9-31(39)35-25-36-32-10-6-8-12-43(32)51-44(36)26-42(35)50/h5-26H,3-4H3. The molecule has 4 heterocycles. The third-order valence-corrected chi connectivity index (χ3v) is 16.0. The molecule has 0 amide bonds. The van der Waals surface area contributed by atoms with Gasteiger partial charge in [-0.2, -0.15) is 0 Å². The highest BCUT2D eigenvalue weighted by Crippen LogP contribution is 2.42. The van der Waals surface area contributed by atoms with Gasteiger partial charge in [-0.3, -0.25) is 0 Å². The second-order valence-corrected chi connectivity index (χ2v) is 19.8. The molecule has 0 fully saturated rings. The number of para-hydroxylation sites is 1. The van der Waals surface area contributed by atoms with Crippen molar-refractivity contribution in [3.63, 3.8) is 0 Å². The molecule has 0 saturated heterocycles. The van der Waals surface area contributed by atoms with Gasteiger partial charge in [0.15, 0.2) is 11.4 Å². The van der Waals surface area contributed by atoms with Crippen LogP contribution in [0.15, 0.2) is 133 Å². The molecule has 11 rings (SSSR count). The van der Waals surface area contributed by atoms with Gasteiger partial charge in [0, 0.05) is 42.3 Å². The van der Waals surface area contributed by atoms with E-state index in [4.69, 9.17) is 13.1 Å². The summed E-state index contributed by atoms with van der Waals surface area (Å²) in [5, 5.41) is 10.1. The third-order valence-electron chi connectivity index (χ3n) is 11.3. The number of benzene rings is 7. The molecule has 0 saturated carbocycles. The van der Waals surface area contributed by atoms with E-state index in [2.05, 4.69) is 129 Å². The van der Waals surface area contributed by atoms with Crippen LogP contribution in [0.1, 0.15) is 0 Å². The first-order chi connectivity index (χ1) is 25.4. The molecule has 4 nitrogen and oxygen atoms in total. The molecule has 0 radical (unpaired) electrons. The second kappa shape index (κ2) is 10.3. The van der Waals surface area contributed by atoms with E-state index >= 15 is 0 Å². The first-order valence-electron chi connectivity index (χ1n) is 17.4. The topological polar surface area (TPSA) is 18.6 Å². The average molecular weight is 697 g/mol. The van der Waals surface area contributed by atoms with Gasteiger partial charge in [-0.05, 0) is 105 Å². The predicted octanol–water partition coefficient (Wildman–Crippen LogP) is 12.2. The van der Waals surface area contributed by atoms with Crippen LogP contribution in [0, 0.1) is 13.1 Å². The van der Waals surface area contributed by atoms with E-state index in [1.165, 1.54) is 69.2 Å². The minimum absolute atomic E-state index is 0.598. The SMILES string of the molecule is [C-]#[N+]c1ccc2c(c1)c1cc([N+]#[C-])ccc1n2-c1ccc2c(c1)-c1cc(-n3c4ccccc4c4cc5c(cc43)sc3ccccc35)ccc1[Si]2(C)C. The summed E-state index contributed by atoms with van der Waals surface area (Å²) in [4.78, 5) is 7.43. The molecular weight excluding hydrogens is 669 g/mol. The van der Waals surface area contributed by atoms with Crippen LogP contribution in [-0.2, 0) is 0 Å². The van der Waals surface area contributed by atoms with Gasteiger partial charge in [0.25, 0.3) is 0 Å². The van der Waals surface area contributed by atoms with Gasteiger partial charge < -0.3 is 9.13 Å². The van der Waals surface area contributed by atoms with Crippen LogP contribution >= 0.6 is 11.3 Å². The van der Waals surface area contributed by atoms with Gasteiger partial charge in [-0.15, -0.1) is 11.3 Å². The van der Waals surface area contributed by atoms with Crippen molar-refractivity contribution in [2.75, 3.05) is 0 Å². The molecule has 0 spiro atoms. The highest BCUT2D eigenvalue weighted by molar-refractivity contribution is 7.25. The van der Waals surface area contributed by atoms with Gasteiger partial charge in [-0.1, -0.05) is 73.8 Å². The summed E-state index contributed by atoms with van der Waals surface area (Å²) in [6, 6.07) is 48.3. The van der Waals surface area contributed by atoms with Crippen LogP contribution in [0.25, 0.3) is 96.0 Å². The van der Waals surface area contributed by atoms with E-state index in [9.17, 15) is 0 Å². The zero-order chi connectivity index (χ0) is 34.9. The van der Waals surface area contributed by atoms with Crippen molar-refractivity contribution in [2.24, 2.45) is 0 Å². The monoisotopic (exact) mass is 696 g/mol. The van der Waals surface area contributed by atoms with Crippen molar-refractivity contribution in [2.45, 2.75) is 13.1 Å². The summed E-state index contributed by atoms with van der Waals surface area (Å²) in [6.07, 6.45) is 0. The summed E-state index contributed by atoms with van der Waals surface area (Å²) in [5.74, 6) is 0. The van der Waals surface area contributed by atoms with Crippen LogP contribution in [0.4, 0.5) is 11.4 Å². The van der Waals surface area contributed by atoms with Gasteiger partial charge in [0.05, 0.1) is 35.2 Å². The maximum Gasteiger partial charge on any atom is 0.188 e. The smallest absolute Gasteiger partial charge is 0.188 e. The summed E-state index contributed by atoms with van der Waals surface area (Å²) in [5.41, 5.74) is 10.6. The van der Waals surface area contributed by atoms with Crippen LogP contribution in [0.2, 0.25) is 13.1 Å². The largest absolute Gasteiger partial charge is 0.309 e. The Hall–Kier alpha value is -6.44. The highest BCUT2D eigenvalue weighted by Gasteiger charge is 2.38. The summed E-state index contributed by atoms with van der Waals surface area (Å²) in [7, 11) is -1.98. The number of hydrogen-bond acceptors (Lipinski definition) is 1. The third kappa shape index (κ3) is 3.83. The number of rotatable bonds is 2. The van der Waals surface area contributed by atoms with E-state index in [1.807, 2.05) is 47.7 Å². The van der Waals surface area contributed by atoms with Crippen molar-refractivity contribution in [1.29, 1.82) is 0 Å². The molecular formula is C46H28N4SSi. The molecule has 10 aromatic rings. The van der Waals surface area contributed by atoms with Gasteiger partial charge in [-0.25, -0.2) is 9.69 Å². The Morgan fingerprint density at radius 2 is 1.00 bits per heavy atom. The van der Waals surface area contributed by atoms with Crippen LogP contribution in [-0.4, -0.2) is 17.2 Å². The zero-order valence-electron chi connectivity index (χ0n) is 28.4. The molecule has 0 N–H and O–H groups in total. The lowest BCUT2D eigenvalue weighted by atomic mass is 10.0. The lowest BCUT2D eigenvalue weighted by molar-refractivity contribution is 1.18. The van der Waals surface area contributed by atoms with Gasteiger partial charge in [0.2, 0.25) is 0 Å². The van der Waals surface area contributed by atoms with E-state index in [1.54, 1.807) is 0 Å². The normalized spacial score (nSPS) is 13.3. The summed E-state index contributed by atoms with van der Waals surface area (Å²) < 4.78 is 7.38. The molecule has 1 aliphatic heterocycles. The number of hydrogen-bond donors (Lipinski definition) is 0. The minimum Gasteiger partial charge on any atom is -0.309 e. The highest BCUT2D eigenvalue weighted by atomic mass is 32.1. The van der Waals surface area contributed by atoms with Crippen molar-refractivity contribution in [1.82, 2.24) is 9.13 Å². The fourth-order valence-corrected chi connectivity index (χ4v) is 13.1. The molecule has 7 aromatic carbocycles. The summed E-state index contributed by atoms with van der Waals surface area (Å²) in [6.45, 7) is 20.2. The molecule has 242 valence electrons. The lowest BCUT2D eigenvalue weighted by Crippen LogP contribution is -2.49. The quantitative estimate of drug-likeness (QED) is 0.127. The average Bonchev–Trinajstić information content (AvgIpc) is 3.87. The molecule has 0 unspecified atom stereocenters. The van der Waals surface area contributed by atoms with E-state index in [0.29, 0.717) is 11.4 Å². The molecule has 0 aliphatic carbocycles. The van der Waals surface area contributed by atoms with Crippen molar-refractivity contribution in [3.8, 4) is 22.5 Å². The number of thiophene rings is 1. The Bertz CT molecular complexity index is 3240. The molecule has 1 aliphatic rings. The molecule has 3 aromatic heterocycles. The molecule has 0 atom stereocenters. The molecule has 0 bridgehead atoms. The van der Waals surface area contributed by atoms with Gasteiger partial charge >= 0.3 is 0 Å². The number of nitrogens with zero attached hydrogens (tertiary/aromatic N) is 4. The summed E-state index contributed by atoms with van der Waals surface area (Å²) >= 11 is 1.87.